The summed E-state index contributed by atoms with van der Waals surface area (Å²) in [6, 6.07) is 7.21. The summed E-state index contributed by atoms with van der Waals surface area (Å²) in [6.07, 6.45) is 3.27. The zero-order chi connectivity index (χ0) is 24.4. The molecule has 0 saturated heterocycles. The van der Waals surface area contributed by atoms with Crippen LogP contribution in [0.1, 0.15) is 34.6 Å². The maximum absolute atomic E-state index is 13.8. The maximum atomic E-state index is 13.8. The van der Waals surface area contributed by atoms with Crippen molar-refractivity contribution in [3.8, 4) is 16.9 Å². The number of aromatic nitrogens is 3. The third-order valence-corrected chi connectivity index (χ3v) is 5.74. The first-order chi connectivity index (χ1) is 16.3. The number of likely N-dealkylation sites (N-methyl/N-ethyl adjacent to an activating group) is 1. The fourth-order valence-corrected chi connectivity index (χ4v) is 3.99. The van der Waals surface area contributed by atoms with E-state index in [1.807, 2.05) is 6.92 Å². The molecule has 7 nitrogen and oxygen atoms in total. The number of pyridine rings is 1. The van der Waals surface area contributed by atoms with Crippen LogP contribution in [-0.4, -0.2) is 51.4 Å². The fraction of sp³-hybridized carbons (Fsp3) is 0.240. The van der Waals surface area contributed by atoms with Gasteiger partial charge in [0.2, 0.25) is 0 Å². The SMILES string of the molecule is CCOc1cc(C(=O)N(C)[C@H](CO)c2cnc(C)c3cn[nH]c23)ccc1-c1cc(F)cc(F)c1. The molecule has 2 heterocycles. The van der Waals surface area contributed by atoms with Crippen LogP contribution >= 0.6 is 0 Å². The van der Waals surface area contributed by atoms with E-state index in [2.05, 4.69) is 15.2 Å². The monoisotopic (exact) mass is 466 g/mol. The molecule has 9 heteroatoms. The Morgan fingerprint density at radius 3 is 2.59 bits per heavy atom. The number of hydrogen-bond acceptors (Lipinski definition) is 5. The van der Waals surface area contributed by atoms with Crippen molar-refractivity contribution in [2.45, 2.75) is 19.9 Å². The van der Waals surface area contributed by atoms with Gasteiger partial charge in [-0.25, -0.2) is 8.78 Å². The summed E-state index contributed by atoms with van der Waals surface area (Å²) in [5, 5.41) is 17.9. The molecule has 176 valence electrons. The van der Waals surface area contributed by atoms with E-state index in [0.29, 0.717) is 40.1 Å². The molecule has 2 aromatic heterocycles. The van der Waals surface area contributed by atoms with Crippen LogP contribution in [-0.2, 0) is 0 Å². The van der Waals surface area contributed by atoms with Crippen molar-refractivity contribution in [3.05, 3.63) is 77.2 Å². The van der Waals surface area contributed by atoms with Gasteiger partial charge in [0, 0.05) is 47.1 Å². The van der Waals surface area contributed by atoms with Crippen LogP contribution in [0.2, 0.25) is 0 Å². The lowest BCUT2D eigenvalue weighted by atomic mass is 10.0. The molecule has 0 bridgehead atoms. The Labute approximate surface area is 195 Å². The summed E-state index contributed by atoms with van der Waals surface area (Å²) in [5.41, 5.74) is 3.17. The van der Waals surface area contributed by atoms with Crippen molar-refractivity contribution in [1.82, 2.24) is 20.1 Å². The van der Waals surface area contributed by atoms with Gasteiger partial charge >= 0.3 is 0 Å². The molecule has 2 N–H and O–H groups in total. The van der Waals surface area contributed by atoms with Gasteiger partial charge in [-0.1, -0.05) is 0 Å². The topological polar surface area (TPSA) is 91.3 Å². The van der Waals surface area contributed by atoms with E-state index < -0.39 is 17.7 Å². The highest BCUT2D eigenvalue weighted by atomic mass is 19.1. The van der Waals surface area contributed by atoms with Crippen molar-refractivity contribution in [1.29, 1.82) is 0 Å². The summed E-state index contributed by atoms with van der Waals surface area (Å²) in [5.74, 6) is -1.47. The predicted octanol–water partition coefficient (Wildman–Crippen LogP) is 4.42. The van der Waals surface area contributed by atoms with Crippen LogP contribution in [0, 0.1) is 18.6 Å². The number of nitrogens with one attached hydrogen (secondary N) is 1. The number of aliphatic hydroxyl groups excluding tert-OH is 1. The van der Waals surface area contributed by atoms with E-state index in [4.69, 9.17) is 4.74 Å². The van der Waals surface area contributed by atoms with Gasteiger partial charge in [0.15, 0.2) is 0 Å². The number of nitrogens with zero attached hydrogens (tertiary/aromatic N) is 3. The Balaban J connectivity index is 1.70. The Morgan fingerprint density at radius 1 is 1.18 bits per heavy atom. The van der Waals surface area contributed by atoms with E-state index in [1.54, 1.807) is 38.5 Å². The zero-order valence-electron chi connectivity index (χ0n) is 19.0. The number of fused-ring (bicyclic) bond motifs is 1. The molecule has 0 spiro atoms. The number of rotatable bonds is 7. The molecule has 0 fully saturated rings. The molecular formula is C25H24F2N4O3. The number of H-pyrrole nitrogens is 1. The van der Waals surface area contributed by atoms with Crippen molar-refractivity contribution in [3.63, 3.8) is 0 Å². The first kappa shape index (κ1) is 23.3. The van der Waals surface area contributed by atoms with Crippen LogP contribution in [0.5, 0.6) is 5.75 Å². The Hall–Kier alpha value is -3.85. The van der Waals surface area contributed by atoms with Gasteiger partial charge in [0.1, 0.15) is 17.4 Å². The number of halogens is 2. The first-order valence-corrected chi connectivity index (χ1v) is 10.7. The fourth-order valence-electron chi connectivity index (χ4n) is 3.99. The largest absolute Gasteiger partial charge is 0.493 e. The molecule has 0 aliphatic carbocycles. The molecule has 0 aliphatic rings. The van der Waals surface area contributed by atoms with Crippen LogP contribution in [0.4, 0.5) is 8.78 Å². The lowest BCUT2D eigenvalue weighted by Crippen LogP contribution is -2.33. The van der Waals surface area contributed by atoms with Crippen LogP contribution in [0.25, 0.3) is 22.0 Å². The second kappa shape index (κ2) is 9.56. The summed E-state index contributed by atoms with van der Waals surface area (Å²) >= 11 is 0. The van der Waals surface area contributed by atoms with Gasteiger partial charge < -0.3 is 14.7 Å². The minimum atomic E-state index is -0.708. The van der Waals surface area contributed by atoms with Gasteiger partial charge in [0.25, 0.3) is 5.91 Å². The molecule has 0 aliphatic heterocycles. The number of carbonyl (C=O) groups is 1. The van der Waals surface area contributed by atoms with E-state index in [9.17, 15) is 18.7 Å². The third-order valence-electron chi connectivity index (χ3n) is 5.74. The smallest absolute Gasteiger partial charge is 0.254 e. The van der Waals surface area contributed by atoms with Gasteiger partial charge in [-0.3, -0.25) is 14.9 Å². The first-order valence-electron chi connectivity index (χ1n) is 10.7. The lowest BCUT2D eigenvalue weighted by molar-refractivity contribution is 0.0659. The van der Waals surface area contributed by atoms with Crippen LogP contribution in [0.15, 0.2) is 48.8 Å². The minimum absolute atomic E-state index is 0.296. The Kier molecular flexibility index (Phi) is 6.56. The van der Waals surface area contributed by atoms with Crippen LogP contribution < -0.4 is 4.74 Å². The highest BCUT2D eigenvalue weighted by Gasteiger charge is 2.26. The Morgan fingerprint density at radius 2 is 1.91 bits per heavy atom. The maximum Gasteiger partial charge on any atom is 0.254 e. The highest BCUT2D eigenvalue weighted by Crippen LogP contribution is 2.34. The number of hydrogen-bond donors (Lipinski definition) is 2. The van der Waals surface area contributed by atoms with Crippen molar-refractivity contribution in [2.24, 2.45) is 0 Å². The van der Waals surface area contributed by atoms with Gasteiger partial charge in [-0.15, -0.1) is 0 Å². The number of aryl methyl sites for hydroxylation is 1. The average Bonchev–Trinajstić information content (AvgIpc) is 3.31. The number of aromatic amines is 1. The average molecular weight is 466 g/mol. The number of amides is 1. The number of aliphatic hydroxyl groups is 1. The molecule has 0 unspecified atom stereocenters. The lowest BCUT2D eigenvalue weighted by Gasteiger charge is -2.27. The Bertz CT molecular complexity index is 1340. The molecule has 0 saturated carbocycles. The normalized spacial score (nSPS) is 12.1. The highest BCUT2D eigenvalue weighted by molar-refractivity contribution is 5.96. The van der Waals surface area contributed by atoms with Crippen molar-refractivity contribution < 1.29 is 23.4 Å². The summed E-state index contributed by atoms with van der Waals surface area (Å²) < 4.78 is 33.2. The number of carbonyl (C=O) groups excluding carboxylic acids is 1. The minimum Gasteiger partial charge on any atom is -0.493 e. The molecule has 4 rings (SSSR count). The zero-order valence-corrected chi connectivity index (χ0v) is 19.0. The molecule has 34 heavy (non-hydrogen) atoms. The quantitative estimate of drug-likeness (QED) is 0.421. The van der Waals surface area contributed by atoms with Gasteiger partial charge in [0.05, 0.1) is 31.0 Å². The van der Waals surface area contributed by atoms with Crippen molar-refractivity contribution in [2.75, 3.05) is 20.3 Å². The van der Waals surface area contributed by atoms with Gasteiger partial charge in [-0.05, 0) is 49.7 Å². The van der Waals surface area contributed by atoms with E-state index in [1.165, 1.54) is 23.1 Å². The predicted molar refractivity (Wildman–Crippen MR) is 124 cm³/mol. The summed E-state index contributed by atoms with van der Waals surface area (Å²) in [4.78, 5) is 19.2. The summed E-state index contributed by atoms with van der Waals surface area (Å²) in [7, 11) is 1.58. The standard InChI is InChI=1S/C25H24F2N4O3/c1-4-34-23-9-15(5-6-19(23)16-7-17(26)10-18(27)8-16)25(33)31(3)22(13-32)21-11-28-14(2)20-12-29-30-24(20)21/h5-12,22,32H,4,13H2,1-3H3,(H,29,30)/t22-/m1/s1. The molecule has 0 radical (unpaired) electrons. The molecule has 2 aromatic carbocycles. The van der Waals surface area contributed by atoms with E-state index >= 15 is 0 Å². The van der Waals surface area contributed by atoms with Crippen LogP contribution in [0.3, 0.4) is 0 Å². The van der Waals surface area contributed by atoms with E-state index in [-0.39, 0.29) is 12.5 Å². The molecule has 1 amide bonds. The molecular weight excluding hydrogens is 442 g/mol. The number of ether oxygens (including phenoxy) is 1. The second-order valence-electron chi connectivity index (χ2n) is 7.87. The molecule has 4 aromatic rings. The number of benzene rings is 2. The second-order valence-corrected chi connectivity index (χ2v) is 7.87. The van der Waals surface area contributed by atoms with E-state index in [0.717, 1.165) is 17.1 Å². The summed E-state index contributed by atoms with van der Waals surface area (Å²) in [6.45, 7) is 3.59. The van der Waals surface area contributed by atoms with Gasteiger partial charge in [-0.2, -0.15) is 5.10 Å². The third kappa shape index (κ3) is 4.34. The van der Waals surface area contributed by atoms with Crippen molar-refractivity contribution >= 4 is 16.8 Å². The molecule has 1 atom stereocenters.